The van der Waals surface area contributed by atoms with Crippen molar-refractivity contribution in [3.8, 4) is 5.88 Å². The lowest BCUT2D eigenvalue weighted by molar-refractivity contribution is -0.140. The summed E-state index contributed by atoms with van der Waals surface area (Å²) >= 11 is 0. The SMILES string of the molecule is COc1ccc2c(n1)CCN(C(=O)CCCC(=O)O)[C@H]2C(=O)Nc1cc(F)c2c(c1)CCC2(C)C.O.O.O=S(=O)(O)O. The van der Waals surface area contributed by atoms with Crippen LogP contribution >= 0.6 is 0 Å². The molecule has 0 saturated heterocycles. The van der Waals surface area contributed by atoms with Crippen LogP contribution in [0.4, 0.5) is 10.1 Å². The molecule has 234 valence electrons. The van der Waals surface area contributed by atoms with Crippen LogP contribution < -0.4 is 10.1 Å². The summed E-state index contributed by atoms with van der Waals surface area (Å²) < 4.78 is 51.8. The summed E-state index contributed by atoms with van der Waals surface area (Å²) in [4.78, 5) is 43.3. The second-order valence-corrected chi connectivity index (χ2v) is 11.1. The molecule has 1 aliphatic carbocycles. The van der Waals surface area contributed by atoms with Gasteiger partial charge in [-0.05, 0) is 54.0 Å². The number of fused-ring (bicyclic) bond motifs is 2. The Labute approximate surface area is 242 Å². The third kappa shape index (κ3) is 9.15. The van der Waals surface area contributed by atoms with E-state index in [1.807, 2.05) is 13.8 Å². The molecule has 2 aliphatic rings. The predicted molar refractivity (Wildman–Crippen MR) is 148 cm³/mol. The van der Waals surface area contributed by atoms with Crippen molar-refractivity contribution in [1.82, 2.24) is 9.88 Å². The van der Waals surface area contributed by atoms with E-state index in [0.29, 0.717) is 34.8 Å². The van der Waals surface area contributed by atoms with E-state index in [1.54, 1.807) is 18.2 Å². The second kappa shape index (κ2) is 14.5. The van der Waals surface area contributed by atoms with Crippen molar-refractivity contribution < 1.29 is 57.1 Å². The molecular weight excluding hydrogens is 581 g/mol. The topological polar surface area (TPSA) is 246 Å². The quantitative estimate of drug-likeness (QED) is 0.326. The number of halogens is 1. The Balaban J connectivity index is 0.00000116. The number of anilines is 1. The number of amides is 2. The lowest BCUT2D eigenvalue weighted by Crippen LogP contribution is -2.45. The lowest BCUT2D eigenvalue weighted by Gasteiger charge is -2.36. The smallest absolute Gasteiger partial charge is 0.394 e. The average molecular weight is 618 g/mol. The number of carboxylic acid groups (broad SMARTS) is 1. The predicted octanol–water partition coefficient (Wildman–Crippen LogP) is 1.47. The first-order valence-corrected chi connectivity index (χ1v) is 13.9. The lowest BCUT2D eigenvalue weighted by atomic mass is 9.86. The Kier molecular flexibility index (Phi) is 12.5. The summed E-state index contributed by atoms with van der Waals surface area (Å²) in [6.45, 7) is 4.27. The van der Waals surface area contributed by atoms with E-state index in [4.69, 9.17) is 27.4 Å². The fourth-order valence-corrected chi connectivity index (χ4v) is 5.14. The highest BCUT2D eigenvalue weighted by molar-refractivity contribution is 7.79. The van der Waals surface area contributed by atoms with Crippen LogP contribution in [0.1, 0.15) is 68.0 Å². The van der Waals surface area contributed by atoms with Crippen LogP contribution in [0.25, 0.3) is 0 Å². The van der Waals surface area contributed by atoms with Crippen molar-refractivity contribution in [2.45, 2.75) is 63.8 Å². The first-order chi connectivity index (χ1) is 18.6. The molecule has 0 fully saturated rings. The number of nitrogens with zero attached hydrogens (tertiary/aromatic N) is 2. The largest absolute Gasteiger partial charge is 0.481 e. The summed E-state index contributed by atoms with van der Waals surface area (Å²) in [7, 11) is -3.16. The van der Waals surface area contributed by atoms with Crippen LogP contribution in [0.5, 0.6) is 5.88 Å². The summed E-state index contributed by atoms with van der Waals surface area (Å²) in [5, 5.41) is 11.7. The number of rotatable bonds is 7. The molecule has 2 heterocycles. The molecule has 16 heteroatoms. The van der Waals surface area contributed by atoms with Gasteiger partial charge in [-0.15, -0.1) is 0 Å². The molecule has 0 radical (unpaired) electrons. The summed E-state index contributed by atoms with van der Waals surface area (Å²) in [5.74, 6) is -1.70. The van der Waals surface area contributed by atoms with Crippen LogP contribution in [-0.4, -0.2) is 74.9 Å². The van der Waals surface area contributed by atoms with E-state index in [0.717, 1.165) is 18.4 Å². The molecular formula is C26H36FN3O11S. The third-order valence-electron chi connectivity index (χ3n) is 6.87. The van der Waals surface area contributed by atoms with Gasteiger partial charge < -0.3 is 31.0 Å². The minimum absolute atomic E-state index is 0. The van der Waals surface area contributed by atoms with Crippen molar-refractivity contribution in [2.75, 3.05) is 19.0 Å². The van der Waals surface area contributed by atoms with E-state index in [1.165, 1.54) is 18.1 Å². The van der Waals surface area contributed by atoms with Crippen LogP contribution in [0.2, 0.25) is 0 Å². The molecule has 2 amide bonds. The number of carbonyl (C=O) groups excluding carboxylic acids is 2. The Hall–Kier alpha value is -3.70. The molecule has 4 rings (SSSR count). The van der Waals surface area contributed by atoms with Crippen LogP contribution in [0.3, 0.4) is 0 Å². The van der Waals surface area contributed by atoms with E-state index in [2.05, 4.69) is 10.3 Å². The molecule has 0 bridgehead atoms. The zero-order valence-electron chi connectivity index (χ0n) is 23.3. The van der Waals surface area contributed by atoms with Crippen molar-refractivity contribution in [3.63, 3.8) is 0 Å². The molecule has 0 saturated carbocycles. The number of carbonyl (C=O) groups is 3. The molecule has 14 nitrogen and oxygen atoms in total. The number of carboxylic acids is 1. The Morgan fingerprint density at radius 3 is 2.38 bits per heavy atom. The number of nitrogens with one attached hydrogen (secondary N) is 1. The first-order valence-electron chi connectivity index (χ1n) is 12.5. The first kappa shape index (κ1) is 36.3. The van der Waals surface area contributed by atoms with Gasteiger partial charge in [0.2, 0.25) is 11.8 Å². The minimum atomic E-state index is -4.67. The van der Waals surface area contributed by atoms with Crippen LogP contribution in [0, 0.1) is 5.82 Å². The summed E-state index contributed by atoms with van der Waals surface area (Å²) in [6.07, 6.45) is 2.06. The highest BCUT2D eigenvalue weighted by atomic mass is 32.3. The van der Waals surface area contributed by atoms with Gasteiger partial charge in [0.05, 0.1) is 12.8 Å². The number of aromatic nitrogens is 1. The van der Waals surface area contributed by atoms with E-state index in [9.17, 15) is 18.8 Å². The molecule has 0 unspecified atom stereocenters. The van der Waals surface area contributed by atoms with Crippen LogP contribution in [0.15, 0.2) is 24.3 Å². The van der Waals surface area contributed by atoms with Gasteiger partial charge in [0.25, 0.3) is 5.91 Å². The van der Waals surface area contributed by atoms with Gasteiger partial charge >= 0.3 is 16.4 Å². The van der Waals surface area contributed by atoms with Gasteiger partial charge in [-0.1, -0.05) is 13.8 Å². The average Bonchev–Trinajstić information content (AvgIpc) is 3.16. The second-order valence-electron chi connectivity index (χ2n) is 10.2. The molecule has 2 aromatic rings. The fraction of sp³-hybridized carbons (Fsp3) is 0.462. The van der Waals surface area contributed by atoms with E-state index >= 15 is 0 Å². The van der Waals surface area contributed by atoms with Crippen molar-refractivity contribution in [3.05, 3.63) is 52.5 Å². The Bertz CT molecular complexity index is 1410. The zero-order valence-corrected chi connectivity index (χ0v) is 24.1. The van der Waals surface area contributed by atoms with Crippen molar-refractivity contribution in [2.24, 2.45) is 0 Å². The monoisotopic (exact) mass is 617 g/mol. The van der Waals surface area contributed by atoms with Gasteiger partial charge in [0.1, 0.15) is 11.9 Å². The molecule has 0 spiro atoms. The van der Waals surface area contributed by atoms with Gasteiger partial charge in [-0.25, -0.2) is 9.37 Å². The fourth-order valence-electron chi connectivity index (χ4n) is 5.14. The van der Waals surface area contributed by atoms with E-state index in [-0.39, 0.29) is 53.9 Å². The molecule has 42 heavy (non-hydrogen) atoms. The maximum Gasteiger partial charge on any atom is 0.394 e. The molecule has 1 aliphatic heterocycles. The van der Waals surface area contributed by atoms with Gasteiger partial charge in [0, 0.05) is 43.1 Å². The molecule has 8 N–H and O–H groups in total. The zero-order chi connectivity index (χ0) is 29.8. The van der Waals surface area contributed by atoms with Gasteiger partial charge in [-0.3, -0.25) is 23.5 Å². The number of aryl methyl sites for hydroxylation is 1. The van der Waals surface area contributed by atoms with Gasteiger partial charge in [-0.2, -0.15) is 8.42 Å². The number of aliphatic carboxylic acids is 1. The number of pyridine rings is 1. The standard InChI is InChI=1S/C26H30FN3O5.H2O4S.2H2O/c1-26(2)11-9-15-13-16(14-18(27)23(15)26)28-25(34)24-17-7-8-20(35-3)29-19(17)10-12-30(24)21(31)5-4-6-22(32)33;1-5(2,3)4;;/h7-8,13-14,24H,4-6,9-12H2,1-3H3,(H,28,34)(H,32,33);(H2,1,2,3,4);2*1H2/t24-;;;/m1.../s1. The summed E-state index contributed by atoms with van der Waals surface area (Å²) in [6, 6.07) is 5.52. The highest BCUT2D eigenvalue weighted by Crippen LogP contribution is 2.41. The van der Waals surface area contributed by atoms with Crippen molar-refractivity contribution in [1.29, 1.82) is 0 Å². The summed E-state index contributed by atoms with van der Waals surface area (Å²) in [5.41, 5.74) is 2.88. The molecule has 1 aromatic heterocycles. The number of methoxy groups -OCH3 is 1. The maximum absolute atomic E-state index is 15.0. The number of ether oxygens (including phenoxy) is 1. The van der Waals surface area contributed by atoms with Crippen LogP contribution in [-0.2, 0) is 43.0 Å². The highest BCUT2D eigenvalue weighted by Gasteiger charge is 2.38. The third-order valence-corrected chi connectivity index (χ3v) is 6.87. The minimum Gasteiger partial charge on any atom is -0.481 e. The maximum atomic E-state index is 15.0. The number of benzene rings is 1. The Morgan fingerprint density at radius 1 is 1.14 bits per heavy atom. The number of hydrogen-bond acceptors (Lipinski definition) is 7. The van der Waals surface area contributed by atoms with E-state index < -0.39 is 28.3 Å². The Morgan fingerprint density at radius 2 is 1.79 bits per heavy atom. The number of hydrogen-bond donors (Lipinski definition) is 4. The normalized spacial score (nSPS) is 16.3. The molecule has 1 atom stereocenters. The molecule has 1 aromatic carbocycles. The van der Waals surface area contributed by atoms with Gasteiger partial charge in [0.15, 0.2) is 0 Å². The van der Waals surface area contributed by atoms with Crippen molar-refractivity contribution >= 4 is 33.9 Å².